The Morgan fingerprint density at radius 2 is 1.76 bits per heavy atom. The van der Waals surface area contributed by atoms with Crippen molar-refractivity contribution in [2.45, 2.75) is 23.9 Å². The standard InChI is InChI=1S/C22H19N5OS/c1-15-7-3-4-8-19(15)27-16(2)18(14-25-27)22(28)26-17-10-12-24-21(13-17)29-20-9-5-6-11-23-20/h3-14H,1-2H3,(H,24,26,28). The van der Waals surface area contributed by atoms with Crippen molar-refractivity contribution in [2.24, 2.45) is 0 Å². The van der Waals surface area contributed by atoms with E-state index in [1.54, 1.807) is 29.3 Å². The molecule has 0 spiro atoms. The lowest BCUT2D eigenvalue weighted by atomic mass is 10.2. The monoisotopic (exact) mass is 401 g/mol. The average molecular weight is 401 g/mol. The number of benzene rings is 1. The summed E-state index contributed by atoms with van der Waals surface area (Å²) >= 11 is 1.44. The third kappa shape index (κ3) is 4.20. The van der Waals surface area contributed by atoms with E-state index in [2.05, 4.69) is 20.4 Å². The van der Waals surface area contributed by atoms with Crippen molar-refractivity contribution in [3.8, 4) is 5.69 Å². The van der Waals surface area contributed by atoms with E-state index in [1.165, 1.54) is 11.8 Å². The SMILES string of the molecule is Cc1ccccc1-n1ncc(C(=O)Nc2ccnc(Sc3ccccn3)c2)c1C. The van der Waals surface area contributed by atoms with Crippen LogP contribution in [0.5, 0.6) is 0 Å². The van der Waals surface area contributed by atoms with E-state index in [9.17, 15) is 4.79 Å². The lowest BCUT2D eigenvalue weighted by Gasteiger charge is -2.09. The number of nitrogens with zero attached hydrogens (tertiary/aromatic N) is 4. The number of amides is 1. The lowest BCUT2D eigenvalue weighted by Crippen LogP contribution is -2.13. The highest BCUT2D eigenvalue weighted by Crippen LogP contribution is 2.26. The van der Waals surface area contributed by atoms with Crippen molar-refractivity contribution >= 4 is 23.4 Å². The Kier molecular flexibility index (Phi) is 5.39. The van der Waals surface area contributed by atoms with Crippen LogP contribution >= 0.6 is 11.8 Å². The van der Waals surface area contributed by atoms with E-state index in [4.69, 9.17) is 0 Å². The van der Waals surface area contributed by atoms with E-state index in [-0.39, 0.29) is 5.91 Å². The summed E-state index contributed by atoms with van der Waals surface area (Å²) in [5, 5.41) is 8.96. The van der Waals surface area contributed by atoms with Gasteiger partial charge < -0.3 is 5.32 Å². The van der Waals surface area contributed by atoms with Crippen molar-refractivity contribution in [1.29, 1.82) is 0 Å². The predicted molar refractivity (Wildman–Crippen MR) is 114 cm³/mol. The van der Waals surface area contributed by atoms with Gasteiger partial charge in [-0.15, -0.1) is 0 Å². The molecule has 0 aliphatic heterocycles. The number of nitrogens with one attached hydrogen (secondary N) is 1. The fourth-order valence-corrected chi connectivity index (χ4v) is 3.71. The number of aromatic nitrogens is 4. The molecule has 0 saturated heterocycles. The summed E-state index contributed by atoms with van der Waals surface area (Å²) in [6.07, 6.45) is 5.01. The van der Waals surface area contributed by atoms with E-state index in [1.807, 2.05) is 62.4 Å². The minimum absolute atomic E-state index is 0.206. The Hall–Kier alpha value is -3.45. The number of rotatable bonds is 5. The summed E-state index contributed by atoms with van der Waals surface area (Å²) < 4.78 is 1.79. The number of hydrogen-bond donors (Lipinski definition) is 1. The minimum atomic E-state index is -0.206. The molecule has 144 valence electrons. The lowest BCUT2D eigenvalue weighted by molar-refractivity contribution is 0.102. The van der Waals surface area contributed by atoms with Crippen LogP contribution in [0.4, 0.5) is 5.69 Å². The molecule has 7 heteroatoms. The Bertz CT molecular complexity index is 1160. The van der Waals surface area contributed by atoms with E-state index in [0.717, 1.165) is 27.0 Å². The highest BCUT2D eigenvalue weighted by Gasteiger charge is 2.16. The van der Waals surface area contributed by atoms with Crippen molar-refractivity contribution in [3.05, 3.63) is 90.0 Å². The van der Waals surface area contributed by atoms with Gasteiger partial charge in [-0.05, 0) is 49.7 Å². The van der Waals surface area contributed by atoms with Gasteiger partial charge in [0.15, 0.2) is 0 Å². The van der Waals surface area contributed by atoms with E-state index < -0.39 is 0 Å². The molecule has 0 atom stereocenters. The second-order valence-electron chi connectivity index (χ2n) is 6.45. The van der Waals surface area contributed by atoms with Crippen molar-refractivity contribution in [2.75, 3.05) is 5.32 Å². The number of carbonyl (C=O) groups is 1. The number of pyridine rings is 2. The van der Waals surface area contributed by atoms with Crippen LogP contribution in [0.1, 0.15) is 21.6 Å². The van der Waals surface area contributed by atoms with Gasteiger partial charge in [0.1, 0.15) is 10.1 Å². The molecule has 1 aromatic carbocycles. The van der Waals surface area contributed by atoms with Crippen LogP contribution in [0, 0.1) is 13.8 Å². The summed E-state index contributed by atoms with van der Waals surface area (Å²) in [5.41, 5.74) is 4.04. The molecule has 0 bridgehead atoms. The van der Waals surface area contributed by atoms with Crippen LogP contribution in [-0.2, 0) is 0 Å². The van der Waals surface area contributed by atoms with Crippen LogP contribution in [-0.4, -0.2) is 25.7 Å². The van der Waals surface area contributed by atoms with Crippen LogP contribution in [0.2, 0.25) is 0 Å². The number of para-hydroxylation sites is 1. The molecule has 0 radical (unpaired) electrons. The fraction of sp³-hybridized carbons (Fsp3) is 0.0909. The number of carbonyl (C=O) groups excluding carboxylic acids is 1. The topological polar surface area (TPSA) is 72.7 Å². The van der Waals surface area contributed by atoms with Gasteiger partial charge in [-0.3, -0.25) is 4.79 Å². The van der Waals surface area contributed by atoms with Crippen LogP contribution in [0.25, 0.3) is 5.69 Å². The van der Waals surface area contributed by atoms with Crippen LogP contribution < -0.4 is 5.32 Å². The minimum Gasteiger partial charge on any atom is -0.322 e. The van der Waals surface area contributed by atoms with E-state index >= 15 is 0 Å². The summed E-state index contributed by atoms with van der Waals surface area (Å²) in [4.78, 5) is 21.5. The molecule has 3 aromatic heterocycles. The largest absolute Gasteiger partial charge is 0.322 e. The van der Waals surface area contributed by atoms with Crippen molar-refractivity contribution < 1.29 is 4.79 Å². The van der Waals surface area contributed by atoms with Crippen LogP contribution in [0.15, 0.2) is 83.2 Å². The molecule has 29 heavy (non-hydrogen) atoms. The molecule has 0 fully saturated rings. The zero-order chi connectivity index (χ0) is 20.2. The number of aryl methyl sites for hydroxylation is 1. The van der Waals surface area contributed by atoms with Gasteiger partial charge in [0.05, 0.1) is 23.1 Å². The molecule has 3 heterocycles. The van der Waals surface area contributed by atoms with Crippen molar-refractivity contribution in [1.82, 2.24) is 19.7 Å². The second kappa shape index (κ2) is 8.28. The smallest absolute Gasteiger partial charge is 0.259 e. The zero-order valence-corrected chi connectivity index (χ0v) is 16.9. The van der Waals surface area contributed by atoms with Gasteiger partial charge in [-0.1, -0.05) is 36.0 Å². The summed E-state index contributed by atoms with van der Waals surface area (Å²) in [7, 11) is 0. The van der Waals surface area contributed by atoms with Gasteiger partial charge in [0, 0.05) is 18.1 Å². The molecule has 4 aromatic rings. The normalized spacial score (nSPS) is 10.7. The molecule has 0 aliphatic rings. The van der Waals surface area contributed by atoms with Crippen molar-refractivity contribution in [3.63, 3.8) is 0 Å². The van der Waals surface area contributed by atoms with Gasteiger partial charge >= 0.3 is 0 Å². The van der Waals surface area contributed by atoms with Gasteiger partial charge in [0.2, 0.25) is 0 Å². The van der Waals surface area contributed by atoms with Crippen LogP contribution in [0.3, 0.4) is 0 Å². The third-order valence-electron chi connectivity index (χ3n) is 4.44. The zero-order valence-electron chi connectivity index (χ0n) is 16.0. The highest BCUT2D eigenvalue weighted by molar-refractivity contribution is 7.99. The average Bonchev–Trinajstić information content (AvgIpc) is 3.11. The molecule has 0 unspecified atom stereocenters. The van der Waals surface area contributed by atoms with Gasteiger partial charge in [-0.2, -0.15) is 5.10 Å². The Morgan fingerprint density at radius 1 is 0.966 bits per heavy atom. The first-order chi connectivity index (χ1) is 14.1. The summed E-state index contributed by atoms with van der Waals surface area (Å²) in [6.45, 7) is 3.91. The molecule has 0 saturated carbocycles. The fourth-order valence-electron chi connectivity index (χ4n) is 2.93. The molecule has 0 aliphatic carbocycles. The molecule has 6 nitrogen and oxygen atoms in total. The van der Waals surface area contributed by atoms with E-state index in [0.29, 0.717) is 11.3 Å². The van der Waals surface area contributed by atoms with Gasteiger partial charge in [-0.25, -0.2) is 14.6 Å². The first-order valence-corrected chi connectivity index (χ1v) is 9.90. The van der Waals surface area contributed by atoms with Gasteiger partial charge in [0.25, 0.3) is 5.91 Å². The summed E-state index contributed by atoms with van der Waals surface area (Å²) in [6, 6.07) is 17.3. The molecule has 1 amide bonds. The molecular weight excluding hydrogens is 382 g/mol. The molecule has 4 rings (SSSR count). The number of anilines is 1. The maximum Gasteiger partial charge on any atom is 0.259 e. The maximum absolute atomic E-state index is 12.8. The maximum atomic E-state index is 12.8. The first kappa shape index (κ1) is 18.9. The summed E-state index contributed by atoms with van der Waals surface area (Å²) in [5.74, 6) is -0.206. The second-order valence-corrected chi connectivity index (χ2v) is 7.49. The predicted octanol–water partition coefficient (Wildman–Crippen LogP) is 4.68. The number of hydrogen-bond acceptors (Lipinski definition) is 5. The Labute approximate surface area is 173 Å². The first-order valence-electron chi connectivity index (χ1n) is 9.09. The Balaban J connectivity index is 1.53. The Morgan fingerprint density at radius 3 is 2.55 bits per heavy atom. The third-order valence-corrected chi connectivity index (χ3v) is 5.32. The molecular formula is C22H19N5OS. The quantitative estimate of drug-likeness (QED) is 0.525. The highest BCUT2D eigenvalue weighted by atomic mass is 32.2. The molecule has 1 N–H and O–H groups in total.